The number of aliphatic carboxylic acids is 1. The van der Waals surface area contributed by atoms with Gasteiger partial charge in [-0.3, -0.25) is 0 Å². The van der Waals surface area contributed by atoms with Crippen LogP contribution in [0.15, 0.2) is 0 Å². The number of carbonyl (C=O) groups is 2. The Labute approximate surface area is 130 Å². The summed E-state index contributed by atoms with van der Waals surface area (Å²) < 4.78 is 0. The molecule has 4 atom stereocenters. The Bertz CT molecular complexity index is 282. The van der Waals surface area contributed by atoms with E-state index in [9.17, 15) is 14.7 Å². The highest BCUT2D eigenvalue weighted by Crippen LogP contribution is 2.03. The minimum atomic E-state index is -2.36. The number of nitrogens with two attached hydrogens (primary N) is 1. The molecule has 0 unspecified atom stereocenters. The molecule has 0 aromatic heterocycles. The van der Waals surface area contributed by atoms with Crippen LogP contribution in [0.3, 0.4) is 0 Å². The van der Waals surface area contributed by atoms with E-state index in [2.05, 4.69) is 19.2 Å². The summed E-state index contributed by atoms with van der Waals surface area (Å²) in [5, 5.41) is 47.3. The third kappa shape index (κ3) is 11.6. The first-order valence-electron chi connectivity index (χ1n) is 7.53. The van der Waals surface area contributed by atoms with Crippen molar-refractivity contribution in [1.82, 2.24) is 0 Å². The molecule has 0 rings (SSSR count). The summed E-state index contributed by atoms with van der Waals surface area (Å²) in [5.74, 6) is -2.01. The first-order chi connectivity index (χ1) is 10.3. The SMILES string of the molecule is CCCC[NH2+]CCCC.O=C[C@H](O)[C@@H](O)[C@H](O)[C@H](O)C(=O)[O-]. The Morgan fingerprint density at radius 2 is 1.50 bits per heavy atom. The van der Waals surface area contributed by atoms with Gasteiger partial charge >= 0.3 is 0 Å². The van der Waals surface area contributed by atoms with Gasteiger partial charge in [0.2, 0.25) is 0 Å². The zero-order valence-corrected chi connectivity index (χ0v) is 13.2. The molecule has 0 aliphatic carbocycles. The molecule has 132 valence electrons. The van der Waals surface area contributed by atoms with E-state index in [1.807, 2.05) is 0 Å². The van der Waals surface area contributed by atoms with Crippen molar-refractivity contribution < 1.29 is 40.4 Å². The number of rotatable bonds is 11. The Hall–Kier alpha value is -1.06. The zero-order chi connectivity index (χ0) is 17.5. The van der Waals surface area contributed by atoms with Crippen molar-refractivity contribution in [3.63, 3.8) is 0 Å². The number of unbranched alkanes of at least 4 members (excludes halogenated alkanes) is 2. The van der Waals surface area contributed by atoms with Crippen LogP contribution < -0.4 is 10.4 Å². The second kappa shape index (κ2) is 14.9. The number of quaternary nitrogens is 1. The van der Waals surface area contributed by atoms with Gasteiger partial charge in [0.05, 0.1) is 19.1 Å². The summed E-state index contributed by atoms with van der Waals surface area (Å²) >= 11 is 0. The van der Waals surface area contributed by atoms with Crippen LogP contribution in [0, 0.1) is 0 Å². The van der Waals surface area contributed by atoms with Crippen LogP contribution in [-0.4, -0.2) is 70.2 Å². The van der Waals surface area contributed by atoms with Gasteiger partial charge in [-0.05, 0) is 12.8 Å². The summed E-state index contributed by atoms with van der Waals surface area (Å²) in [7, 11) is 0. The molecule has 0 heterocycles. The van der Waals surface area contributed by atoms with E-state index < -0.39 is 30.4 Å². The molecule has 0 spiro atoms. The van der Waals surface area contributed by atoms with Gasteiger partial charge in [0.25, 0.3) is 0 Å². The highest BCUT2D eigenvalue weighted by molar-refractivity contribution is 5.70. The molecule has 0 bridgehead atoms. The van der Waals surface area contributed by atoms with E-state index in [1.54, 1.807) is 0 Å². The summed E-state index contributed by atoms with van der Waals surface area (Å²) in [6.07, 6.45) is -3.22. The number of hydrogen-bond donors (Lipinski definition) is 5. The van der Waals surface area contributed by atoms with Crippen LogP contribution in [-0.2, 0) is 9.59 Å². The van der Waals surface area contributed by atoms with E-state index in [0.29, 0.717) is 0 Å². The minimum Gasteiger partial charge on any atom is -0.547 e. The molecule has 0 radical (unpaired) electrons. The van der Waals surface area contributed by atoms with Gasteiger partial charge in [-0.25, -0.2) is 0 Å². The lowest BCUT2D eigenvalue weighted by atomic mass is 10.0. The van der Waals surface area contributed by atoms with Gasteiger partial charge in [0, 0.05) is 0 Å². The van der Waals surface area contributed by atoms with E-state index in [1.165, 1.54) is 38.8 Å². The number of carboxylic acid groups (broad SMARTS) is 1. The monoisotopic (exact) mass is 323 g/mol. The number of aldehydes is 1. The van der Waals surface area contributed by atoms with Crippen LogP contribution in [0.4, 0.5) is 0 Å². The predicted molar refractivity (Wildman–Crippen MR) is 76.6 cm³/mol. The second-order valence-electron chi connectivity index (χ2n) is 4.94. The standard InChI is InChI=1S/C8H19N.C6H10O7/c1-3-5-7-9-8-6-4-2;7-1-2(8)3(9)4(10)5(11)6(12)13/h9H,3-8H2,1-2H3;1-5,8-11H,(H,12,13)/t;2-,3+,4-,5-/m.0/s1. The lowest BCUT2D eigenvalue weighted by Crippen LogP contribution is -2.84. The number of carbonyl (C=O) groups excluding carboxylic acids is 2. The minimum absolute atomic E-state index is 0.101. The summed E-state index contributed by atoms with van der Waals surface area (Å²) in [5.41, 5.74) is 0. The van der Waals surface area contributed by atoms with Crippen LogP contribution in [0.2, 0.25) is 0 Å². The van der Waals surface area contributed by atoms with Crippen molar-refractivity contribution in [2.45, 2.75) is 63.9 Å². The van der Waals surface area contributed by atoms with Gasteiger partial charge in [-0.1, -0.05) is 26.7 Å². The van der Waals surface area contributed by atoms with Gasteiger partial charge < -0.3 is 40.4 Å². The number of aliphatic hydroxyl groups excluding tert-OH is 4. The first-order valence-corrected chi connectivity index (χ1v) is 7.53. The predicted octanol–water partition coefficient (Wildman–Crippen LogP) is -3.47. The lowest BCUT2D eigenvalue weighted by molar-refractivity contribution is -0.655. The normalized spacial score (nSPS) is 15.9. The quantitative estimate of drug-likeness (QED) is 0.195. The Balaban J connectivity index is 0. The average Bonchev–Trinajstić information content (AvgIpc) is 2.52. The van der Waals surface area contributed by atoms with E-state index in [-0.39, 0.29) is 6.29 Å². The molecule has 0 aliphatic heterocycles. The molecule has 8 heteroatoms. The zero-order valence-electron chi connectivity index (χ0n) is 13.2. The molecule has 0 aromatic carbocycles. The van der Waals surface area contributed by atoms with Gasteiger partial charge in [-0.2, -0.15) is 0 Å². The molecule has 0 aromatic rings. The highest BCUT2D eigenvalue weighted by atomic mass is 16.4. The van der Waals surface area contributed by atoms with Crippen LogP contribution in [0.5, 0.6) is 0 Å². The topological polar surface area (TPSA) is 155 Å². The maximum Gasteiger partial charge on any atom is 0.151 e. The van der Waals surface area contributed by atoms with Crippen molar-refractivity contribution in [3.8, 4) is 0 Å². The van der Waals surface area contributed by atoms with Crippen molar-refractivity contribution in [2.24, 2.45) is 0 Å². The first kappa shape index (κ1) is 23.2. The highest BCUT2D eigenvalue weighted by Gasteiger charge is 2.30. The summed E-state index contributed by atoms with van der Waals surface area (Å²) in [6.45, 7) is 7.15. The average molecular weight is 323 g/mol. The number of carboxylic acids is 1. The van der Waals surface area contributed by atoms with E-state index in [0.717, 1.165) is 0 Å². The summed E-state index contributed by atoms with van der Waals surface area (Å²) in [4.78, 5) is 19.8. The third-order valence-electron chi connectivity index (χ3n) is 2.93. The second-order valence-corrected chi connectivity index (χ2v) is 4.94. The molecule has 22 heavy (non-hydrogen) atoms. The molecule has 8 nitrogen and oxygen atoms in total. The number of hydrogen-bond acceptors (Lipinski definition) is 7. The Morgan fingerprint density at radius 3 is 1.82 bits per heavy atom. The van der Waals surface area contributed by atoms with Gasteiger partial charge in [-0.15, -0.1) is 0 Å². The molecule has 0 aliphatic rings. The molecule has 6 N–H and O–H groups in total. The van der Waals surface area contributed by atoms with E-state index >= 15 is 0 Å². The van der Waals surface area contributed by atoms with E-state index in [4.69, 9.17) is 20.4 Å². The van der Waals surface area contributed by atoms with Gasteiger partial charge in [0.15, 0.2) is 6.29 Å². The molecular weight excluding hydrogens is 294 g/mol. The molecular formula is C14H29NO7. The lowest BCUT2D eigenvalue weighted by Gasteiger charge is -2.24. The summed E-state index contributed by atoms with van der Waals surface area (Å²) in [6, 6.07) is 0. The van der Waals surface area contributed by atoms with Gasteiger partial charge in [0.1, 0.15) is 24.4 Å². The molecule has 0 fully saturated rings. The van der Waals surface area contributed by atoms with Crippen LogP contribution >= 0.6 is 0 Å². The molecule has 0 saturated heterocycles. The molecule has 0 saturated carbocycles. The maximum atomic E-state index is 9.95. The van der Waals surface area contributed by atoms with Crippen molar-refractivity contribution in [3.05, 3.63) is 0 Å². The Morgan fingerprint density at radius 1 is 1.05 bits per heavy atom. The van der Waals surface area contributed by atoms with Crippen LogP contribution in [0.1, 0.15) is 39.5 Å². The van der Waals surface area contributed by atoms with Crippen molar-refractivity contribution in [1.29, 1.82) is 0 Å². The fourth-order valence-electron chi connectivity index (χ4n) is 1.45. The van der Waals surface area contributed by atoms with Crippen LogP contribution in [0.25, 0.3) is 0 Å². The molecule has 0 amide bonds. The smallest absolute Gasteiger partial charge is 0.151 e. The maximum absolute atomic E-state index is 9.95. The third-order valence-corrected chi connectivity index (χ3v) is 2.93. The number of aliphatic hydroxyl groups is 4. The Kier molecular flexibility index (Phi) is 15.7. The fraction of sp³-hybridized carbons (Fsp3) is 0.857. The van der Waals surface area contributed by atoms with Crippen molar-refractivity contribution >= 4 is 12.3 Å². The van der Waals surface area contributed by atoms with Crippen molar-refractivity contribution in [2.75, 3.05) is 13.1 Å². The fourth-order valence-corrected chi connectivity index (χ4v) is 1.45. The largest absolute Gasteiger partial charge is 0.547 e.